The van der Waals surface area contributed by atoms with Crippen molar-refractivity contribution in [3.05, 3.63) is 47.3 Å². The van der Waals surface area contributed by atoms with Gasteiger partial charge in [-0.25, -0.2) is 0 Å². The summed E-state index contributed by atoms with van der Waals surface area (Å²) in [6.45, 7) is 0. The van der Waals surface area contributed by atoms with Crippen LogP contribution in [0.3, 0.4) is 0 Å². The maximum Gasteiger partial charge on any atom is 0.227 e. The van der Waals surface area contributed by atoms with Crippen molar-refractivity contribution in [2.45, 2.75) is 12.8 Å². The van der Waals surface area contributed by atoms with Crippen molar-refractivity contribution in [2.75, 3.05) is 26.6 Å². The number of nitrogens with one attached hydrogen (secondary N) is 1. The lowest BCUT2D eigenvalue weighted by molar-refractivity contribution is -0.116. The third-order valence-corrected chi connectivity index (χ3v) is 4.41. The minimum Gasteiger partial charge on any atom is -0.495 e. The fraction of sp³-hybridized carbons (Fsp3) is 0.250. The number of amides is 1. The summed E-state index contributed by atoms with van der Waals surface area (Å²) >= 11 is 6.06. The van der Waals surface area contributed by atoms with Gasteiger partial charge in [0.05, 0.1) is 26.4 Å². The Bertz CT molecular complexity index is 1010. The summed E-state index contributed by atoms with van der Waals surface area (Å²) in [7, 11) is 4.65. The van der Waals surface area contributed by atoms with Gasteiger partial charge in [0, 0.05) is 24.1 Å². The Kier molecular flexibility index (Phi) is 6.56. The summed E-state index contributed by atoms with van der Waals surface area (Å²) in [5, 5.41) is 7.15. The molecule has 8 nitrogen and oxygen atoms in total. The van der Waals surface area contributed by atoms with Crippen LogP contribution in [0.4, 0.5) is 5.69 Å². The molecule has 9 heteroatoms. The molecule has 0 saturated heterocycles. The minimum absolute atomic E-state index is 0.178. The van der Waals surface area contributed by atoms with Crippen LogP contribution in [0, 0.1) is 0 Å². The molecule has 0 aliphatic heterocycles. The van der Waals surface area contributed by atoms with E-state index in [1.165, 1.54) is 7.11 Å². The number of aryl methyl sites for hydroxylation is 1. The molecule has 2 aromatic carbocycles. The Labute approximate surface area is 172 Å². The highest BCUT2D eigenvalue weighted by Crippen LogP contribution is 2.31. The summed E-state index contributed by atoms with van der Waals surface area (Å²) in [6.07, 6.45) is 0.479. The molecule has 0 saturated carbocycles. The molecule has 1 aromatic heterocycles. The molecule has 1 heterocycles. The molecule has 3 rings (SSSR count). The Morgan fingerprint density at radius 1 is 1.03 bits per heavy atom. The van der Waals surface area contributed by atoms with Crippen LogP contribution in [0.25, 0.3) is 11.4 Å². The highest BCUT2D eigenvalue weighted by molar-refractivity contribution is 6.32. The summed E-state index contributed by atoms with van der Waals surface area (Å²) in [6, 6.07) is 10.3. The van der Waals surface area contributed by atoms with Crippen LogP contribution in [0.5, 0.6) is 17.2 Å². The lowest BCUT2D eigenvalue weighted by atomic mass is 10.2. The van der Waals surface area contributed by atoms with E-state index in [0.29, 0.717) is 46.1 Å². The normalized spacial score (nSPS) is 10.5. The smallest absolute Gasteiger partial charge is 0.227 e. The quantitative estimate of drug-likeness (QED) is 0.592. The Hall–Kier alpha value is -3.26. The van der Waals surface area contributed by atoms with Crippen LogP contribution in [-0.4, -0.2) is 37.4 Å². The Morgan fingerprint density at radius 2 is 1.76 bits per heavy atom. The zero-order chi connectivity index (χ0) is 20.8. The van der Waals surface area contributed by atoms with Gasteiger partial charge in [-0.2, -0.15) is 4.98 Å². The second-order valence-electron chi connectivity index (χ2n) is 5.98. The van der Waals surface area contributed by atoms with Gasteiger partial charge in [0.25, 0.3) is 0 Å². The number of halogens is 1. The lowest BCUT2D eigenvalue weighted by Gasteiger charge is -2.07. The largest absolute Gasteiger partial charge is 0.495 e. The van der Waals surface area contributed by atoms with Crippen LogP contribution in [0.2, 0.25) is 5.02 Å². The second-order valence-corrected chi connectivity index (χ2v) is 6.39. The third kappa shape index (κ3) is 4.97. The summed E-state index contributed by atoms with van der Waals surface area (Å²) in [5.41, 5.74) is 1.30. The molecule has 1 N–H and O–H groups in total. The number of hydrogen-bond donors (Lipinski definition) is 1. The highest BCUT2D eigenvalue weighted by Gasteiger charge is 2.13. The number of hydrogen-bond acceptors (Lipinski definition) is 7. The first-order valence-corrected chi connectivity index (χ1v) is 9.10. The van der Waals surface area contributed by atoms with Crippen molar-refractivity contribution in [3.8, 4) is 28.6 Å². The molecule has 0 spiro atoms. The van der Waals surface area contributed by atoms with Gasteiger partial charge in [0.2, 0.25) is 17.6 Å². The van der Waals surface area contributed by atoms with E-state index in [4.69, 9.17) is 30.3 Å². The molecule has 0 bridgehead atoms. The molecule has 0 radical (unpaired) electrons. The molecular formula is C20H20ClN3O5. The Morgan fingerprint density at radius 3 is 2.45 bits per heavy atom. The number of carbonyl (C=O) groups is 1. The molecular weight excluding hydrogens is 398 g/mol. The fourth-order valence-electron chi connectivity index (χ4n) is 2.64. The monoisotopic (exact) mass is 417 g/mol. The van der Waals surface area contributed by atoms with Gasteiger partial charge in [0.1, 0.15) is 5.75 Å². The molecule has 29 heavy (non-hydrogen) atoms. The van der Waals surface area contributed by atoms with Crippen LogP contribution in [0.15, 0.2) is 40.9 Å². The van der Waals surface area contributed by atoms with Crippen LogP contribution >= 0.6 is 11.6 Å². The molecule has 152 valence electrons. The van der Waals surface area contributed by atoms with Crippen molar-refractivity contribution in [1.29, 1.82) is 0 Å². The van der Waals surface area contributed by atoms with Crippen LogP contribution < -0.4 is 19.5 Å². The Balaban J connectivity index is 1.60. The highest BCUT2D eigenvalue weighted by atomic mass is 35.5. The van der Waals surface area contributed by atoms with Gasteiger partial charge >= 0.3 is 0 Å². The fourth-order valence-corrected chi connectivity index (χ4v) is 2.89. The van der Waals surface area contributed by atoms with Crippen molar-refractivity contribution >= 4 is 23.2 Å². The van der Waals surface area contributed by atoms with E-state index in [1.54, 1.807) is 50.6 Å². The van der Waals surface area contributed by atoms with E-state index >= 15 is 0 Å². The van der Waals surface area contributed by atoms with Crippen LogP contribution in [-0.2, 0) is 11.2 Å². The van der Waals surface area contributed by atoms with E-state index in [1.807, 2.05) is 0 Å². The first-order chi connectivity index (χ1) is 14.0. The van der Waals surface area contributed by atoms with E-state index in [9.17, 15) is 4.79 Å². The number of nitrogens with zero attached hydrogens (tertiary/aromatic N) is 2. The molecule has 0 fully saturated rings. The van der Waals surface area contributed by atoms with Gasteiger partial charge in [-0.3, -0.25) is 4.79 Å². The van der Waals surface area contributed by atoms with Crippen molar-refractivity contribution < 1.29 is 23.5 Å². The minimum atomic E-state index is -0.197. The first-order valence-electron chi connectivity index (χ1n) is 8.72. The molecule has 3 aromatic rings. The molecule has 0 unspecified atom stereocenters. The van der Waals surface area contributed by atoms with E-state index < -0.39 is 0 Å². The number of carbonyl (C=O) groups excluding carboxylic acids is 1. The average Bonchev–Trinajstić information content (AvgIpc) is 3.21. The number of benzene rings is 2. The summed E-state index contributed by atoms with van der Waals surface area (Å²) in [5.74, 6) is 2.28. The van der Waals surface area contributed by atoms with E-state index in [0.717, 1.165) is 5.56 Å². The van der Waals surface area contributed by atoms with Crippen molar-refractivity contribution in [1.82, 2.24) is 10.1 Å². The molecule has 0 atom stereocenters. The number of ether oxygens (including phenoxy) is 3. The topological polar surface area (TPSA) is 95.7 Å². The zero-order valence-electron chi connectivity index (χ0n) is 16.2. The predicted octanol–water partition coefficient (Wildman–Crippen LogP) is 3.99. The zero-order valence-corrected chi connectivity index (χ0v) is 16.9. The lowest BCUT2D eigenvalue weighted by Crippen LogP contribution is -2.12. The predicted molar refractivity (Wildman–Crippen MR) is 108 cm³/mol. The van der Waals surface area contributed by atoms with Gasteiger partial charge in [0.15, 0.2) is 11.5 Å². The summed E-state index contributed by atoms with van der Waals surface area (Å²) in [4.78, 5) is 16.5. The molecule has 1 amide bonds. The number of methoxy groups -OCH3 is 3. The molecule has 0 aliphatic rings. The average molecular weight is 418 g/mol. The number of anilines is 1. The van der Waals surface area contributed by atoms with Gasteiger partial charge in [-0.1, -0.05) is 16.8 Å². The first kappa shape index (κ1) is 20.5. The van der Waals surface area contributed by atoms with Crippen molar-refractivity contribution in [2.24, 2.45) is 0 Å². The SMILES string of the molecule is COc1ccc(NC(=O)CCc2nc(-c3ccc(OC)c(OC)c3)no2)cc1Cl. The van der Waals surface area contributed by atoms with E-state index in [-0.39, 0.29) is 12.3 Å². The van der Waals surface area contributed by atoms with E-state index in [2.05, 4.69) is 15.5 Å². The van der Waals surface area contributed by atoms with Gasteiger partial charge in [-0.15, -0.1) is 0 Å². The van der Waals surface area contributed by atoms with Gasteiger partial charge in [-0.05, 0) is 36.4 Å². The van der Waals surface area contributed by atoms with Crippen molar-refractivity contribution in [3.63, 3.8) is 0 Å². The maximum absolute atomic E-state index is 12.2. The number of rotatable bonds is 8. The third-order valence-electron chi connectivity index (χ3n) is 4.11. The standard InChI is InChI=1S/C20H20ClN3O5/c1-26-15-7-5-13(11-14(15)21)22-18(25)8-9-19-23-20(24-29-19)12-4-6-16(27-2)17(10-12)28-3/h4-7,10-11H,8-9H2,1-3H3,(H,22,25). The molecule has 0 aliphatic carbocycles. The van der Waals surface area contributed by atoms with Gasteiger partial charge < -0.3 is 24.1 Å². The second kappa shape index (κ2) is 9.29. The maximum atomic E-state index is 12.2. The van der Waals surface area contributed by atoms with Crippen LogP contribution in [0.1, 0.15) is 12.3 Å². The summed E-state index contributed by atoms with van der Waals surface area (Å²) < 4.78 is 20.8. The number of aromatic nitrogens is 2.